The number of ether oxygens (including phenoxy) is 1. The summed E-state index contributed by atoms with van der Waals surface area (Å²) in [6, 6.07) is 13.8. The van der Waals surface area contributed by atoms with Crippen LogP contribution in [0.3, 0.4) is 0 Å². The predicted molar refractivity (Wildman–Crippen MR) is 82.2 cm³/mol. The third-order valence-corrected chi connectivity index (χ3v) is 3.55. The Morgan fingerprint density at radius 1 is 1.14 bits per heavy atom. The molecule has 3 aromatic rings. The summed E-state index contributed by atoms with van der Waals surface area (Å²) in [5.41, 5.74) is 1.28. The van der Waals surface area contributed by atoms with Gasteiger partial charge in [-0.15, -0.1) is 0 Å². The Morgan fingerprint density at radius 3 is 2.76 bits per heavy atom. The fourth-order valence-corrected chi connectivity index (χ4v) is 2.42. The first-order chi connectivity index (χ1) is 10.1. The van der Waals surface area contributed by atoms with Gasteiger partial charge in [0, 0.05) is 22.2 Å². The van der Waals surface area contributed by atoms with E-state index in [1.54, 1.807) is 42.6 Å². The van der Waals surface area contributed by atoms with E-state index in [-0.39, 0.29) is 5.82 Å². The summed E-state index contributed by atoms with van der Waals surface area (Å²) < 4.78 is 19.7. The van der Waals surface area contributed by atoms with Crippen molar-refractivity contribution >= 4 is 22.5 Å². The molecule has 0 aliphatic carbocycles. The van der Waals surface area contributed by atoms with Gasteiger partial charge in [-0.1, -0.05) is 29.8 Å². The fraction of sp³-hybridized carbons (Fsp3) is 0.118. The maximum atomic E-state index is 13.8. The summed E-state index contributed by atoms with van der Waals surface area (Å²) in [5.74, 6) is 0.388. The number of halogens is 2. The third-order valence-electron chi connectivity index (χ3n) is 3.31. The van der Waals surface area contributed by atoms with E-state index in [9.17, 15) is 4.39 Å². The lowest BCUT2D eigenvalue weighted by Gasteiger charge is -2.17. The minimum atomic E-state index is -0.396. The zero-order chi connectivity index (χ0) is 14.8. The van der Waals surface area contributed by atoms with Crippen LogP contribution in [0, 0.1) is 5.82 Å². The maximum Gasteiger partial charge on any atom is 0.131 e. The van der Waals surface area contributed by atoms with E-state index in [0.717, 1.165) is 10.9 Å². The van der Waals surface area contributed by atoms with Crippen LogP contribution in [0.1, 0.15) is 18.6 Å². The van der Waals surface area contributed by atoms with E-state index >= 15 is 0 Å². The van der Waals surface area contributed by atoms with Crippen LogP contribution in [0.15, 0.2) is 54.7 Å². The first-order valence-corrected chi connectivity index (χ1v) is 6.98. The maximum absolute atomic E-state index is 13.8. The molecule has 0 spiro atoms. The Bertz CT molecular complexity index is 791. The molecule has 1 atom stereocenters. The smallest absolute Gasteiger partial charge is 0.131 e. The predicted octanol–water partition coefficient (Wildman–Crippen LogP) is 5.17. The van der Waals surface area contributed by atoms with Gasteiger partial charge < -0.3 is 4.74 Å². The molecule has 0 aliphatic heterocycles. The molecule has 1 heterocycles. The standard InChI is InChI=1S/C17H13ClFNO/c1-11(13-4-2-3-5-15(13)19)21-17-8-9-20-16-10-12(18)6-7-14(16)17/h2-11H,1H3/t11-/m1/s1. The minimum Gasteiger partial charge on any atom is -0.485 e. The average Bonchev–Trinajstić information content (AvgIpc) is 2.47. The highest BCUT2D eigenvalue weighted by Crippen LogP contribution is 2.30. The minimum absolute atomic E-state index is 0.272. The van der Waals surface area contributed by atoms with E-state index in [2.05, 4.69) is 4.98 Å². The molecule has 0 bridgehead atoms. The van der Waals surface area contributed by atoms with Crippen molar-refractivity contribution in [3.63, 3.8) is 0 Å². The highest BCUT2D eigenvalue weighted by atomic mass is 35.5. The molecule has 4 heteroatoms. The largest absolute Gasteiger partial charge is 0.485 e. The summed E-state index contributed by atoms with van der Waals surface area (Å²) in [6.07, 6.45) is 1.26. The van der Waals surface area contributed by atoms with E-state index in [1.807, 2.05) is 13.0 Å². The second-order valence-corrected chi connectivity index (χ2v) is 5.19. The Balaban J connectivity index is 1.97. The number of pyridine rings is 1. The van der Waals surface area contributed by atoms with Crippen molar-refractivity contribution in [1.29, 1.82) is 0 Å². The van der Waals surface area contributed by atoms with Crippen LogP contribution < -0.4 is 4.74 Å². The van der Waals surface area contributed by atoms with Crippen molar-refractivity contribution in [1.82, 2.24) is 4.98 Å². The van der Waals surface area contributed by atoms with Crippen LogP contribution in [-0.2, 0) is 0 Å². The Hall–Kier alpha value is -2.13. The van der Waals surface area contributed by atoms with Gasteiger partial charge in [0.05, 0.1) is 5.52 Å². The molecule has 0 radical (unpaired) electrons. The van der Waals surface area contributed by atoms with Crippen LogP contribution >= 0.6 is 11.6 Å². The van der Waals surface area contributed by atoms with Crippen molar-refractivity contribution in [2.75, 3.05) is 0 Å². The van der Waals surface area contributed by atoms with Gasteiger partial charge in [-0.25, -0.2) is 4.39 Å². The summed E-state index contributed by atoms with van der Waals surface area (Å²) in [7, 11) is 0. The number of fused-ring (bicyclic) bond motifs is 1. The van der Waals surface area contributed by atoms with Gasteiger partial charge in [-0.2, -0.15) is 0 Å². The first-order valence-electron chi connectivity index (χ1n) is 6.60. The third kappa shape index (κ3) is 2.83. The van der Waals surface area contributed by atoms with E-state index in [4.69, 9.17) is 16.3 Å². The van der Waals surface area contributed by atoms with Crippen LogP contribution in [0.2, 0.25) is 5.02 Å². The van der Waals surface area contributed by atoms with Crippen molar-refractivity contribution in [2.24, 2.45) is 0 Å². The highest BCUT2D eigenvalue weighted by Gasteiger charge is 2.13. The van der Waals surface area contributed by atoms with Crippen LogP contribution in [0.25, 0.3) is 10.9 Å². The molecule has 106 valence electrons. The van der Waals surface area contributed by atoms with Crippen LogP contribution in [-0.4, -0.2) is 4.98 Å². The SMILES string of the molecule is C[C@@H](Oc1ccnc2cc(Cl)ccc12)c1ccccc1F. The molecule has 0 unspecified atom stereocenters. The van der Waals surface area contributed by atoms with Gasteiger partial charge in [0.25, 0.3) is 0 Å². The van der Waals surface area contributed by atoms with Crippen molar-refractivity contribution in [3.05, 3.63) is 71.1 Å². The first kappa shape index (κ1) is 13.8. The summed E-state index contributed by atoms with van der Waals surface area (Å²) >= 11 is 5.96. The molecule has 0 N–H and O–H groups in total. The normalized spacial score (nSPS) is 12.3. The number of nitrogens with zero attached hydrogens (tertiary/aromatic N) is 1. The van der Waals surface area contributed by atoms with Crippen LogP contribution in [0.5, 0.6) is 5.75 Å². The Kier molecular flexibility index (Phi) is 3.76. The zero-order valence-electron chi connectivity index (χ0n) is 11.4. The lowest BCUT2D eigenvalue weighted by atomic mass is 10.1. The van der Waals surface area contributed by atoms with Crippen molar-refractivity contribution < 1.29 is 9.13 Å². The Morgan fingerprint density at radius 2 is 1.95 bits per heavy atom. The lowest BCUT2D eigenvalue weighted by Crippen LogP contribution is -2.05. The molecule has 2 nitrogen and oxygen atoms in total. The zero-order valence-corrected chi connectivity index (χ0v) is 12.1. The molecule has 1 aromatic heterocycles. The number of hydrogen-bond donors (Lipinski definition) is 0. The molecule has 0 saturated heterocycles. The summed E-state index contributed by atoms with van der Waals surface area (Å²) in [4.78, 5) is 4.26. The van der Waals surface area contributed by atoms with E-state index in [1.165, 1.54) is 6.07 Å². The number of aromatic nitrogens is 1. The molecule has 21 heavy (non-hydrogen) atoms. The molecule has 2 aromatic carbocycles. The number of hydrogen-bond acceptors (Lipinski definition) is 2. The highest BCUT2D eigenvalue weighted by molar-refractivity contribution is 6.31. The molecular weight excluding hydrogens is 289 g/mol. The number of benzene rings is 2. The molecule has 0 fully saturated rings. The van der Waals surface area contributed by atoms with Gasteiger partial charge in [-0.05, 0) is 37.3 Å². The van der Waals surface area contributed by atoms with Gasteiger partial charge >= 0.3 is 0 Å². The summed E-state index contributed by atoms with van der Waals surface area (Å²) in [6.45, 7) is 1.82. The van der Waals surface area contributed by atoms with E-state index in [0.29, 0.717) is 16.3 Å². The molecule has 0 aliphatic rings. The summed E-state index contributed by atoms with van der Waals surface area (Å²) in [5, 5.41) is 1.47. The lowest BCUT2D eigenvalue weighted by molar-refractivity contribution is 0.224. The van der Waals surface area contributed by atoms with Gasteiger partial charge in [0.2, 0.25) is 0 Å². The van der Waals surface area contributed by atoms with E-state index < -0.39 is 6.10 Å². The number of rotatable bonds is 3. The van der Waals surface area contributed by atoms with Gasteiger partial charge in [0.1, 0.15) is 17.7 Å². The van der Waals surface area contributed by atoms with Gasteiger partial charge in [0.15, 0.2) is 0 Å². The van der Waals surface area contributed by atoms with Crippen molar-refractivity contribution in [3.8, 4) is 5.75 Å². The monoisotopic (exact) mass is 301 g/mol. The molecule has 0 saturated carbocycles. The quantitative estimate of drug-likeness (QED) is 0.666. The topological polar surface area (TPSA) is 22.1 Å². The average molecular weight is 302 g/mol. The van der Waals surface area contributed by atoms with Gasteiger partial charge in [-0.3, -0.25) is 4.98 Å². The molecular formula is C17H13ClFNO. The fourth-order valence-electron chi connectivity index (χ4n) is 2.26. The molecule has 0 amide bonds. The van der Waals surface area contributed by atoms with Crippen molar-refractivity contribution in [2.45, 2.75) is 13.0 Å². The second-order valence-electron chi connectivity index (χ2n) is 4.75. The molecule has 3 rings (SSSR count). The Labute approximate surface area is 127 Å². The van der Waals surface area contributed by atoms with Crippen LogP contribution in [0.4, 0.5) is 4.39 Å². The second kappa shape index (κ2) is 5.70.